The van der Waals surface area contributed by atoms with Crippen LogP contribution in [0, 0.1) is 0 Å². The van der Waals surface area contributed by atoms with Gasteiger partial charge in [-0.25, -0.2) is 13.9 Å². The monoisotopic (exact) mass is 468 g/mol. The Hall–Kier alpha value is -1.41. The van der Waals surface area contributed by atoms with Crippen molar-refractivity contribution in [2.75, 3.05) is 6.61 Å². The Kier molecular flexibility index (Phi) is 8.33. The molecule has 0 saturated heterocycles. The fourth-order valence-electron chi connectivity index (χ4n) is 2.51. The second kappa shape index (κ2) is 9.39. The van der Waals surface area contributed by atoms with Crippen LogP contribution in [0.2, 0.25) is 0 Å². The lowest BCUT2D eigenvalue weighted by molar-refractivity contribution is 0.0798. The second-order valence-electron chi connectivity index (χ2n) is 8.61. The minimum Gasteiger partial charge on any atom is -0.507 e. The Bertz CT molecular complexity index is 826. The first-order chi connectivity index (χ1) is 13.4. The molecule has 0 bridgehead atoms. The number of phosphoric acid groups is 2. The van der Waals surface area contributed by atoms with Gasteiger partial charge in [0, 0.05) is 0 Å². The van der Waals surface area contributed by atoms with Crippen molar-refractivity contribution < 1.29 is 46.9 Å². The highest BCUT2D eigenvalue weighted by atomic mass is 31.3. The highest BCUT2D eigenvalue weighted by molar-refractivity contribution is 7.61. The van der Waals surface area contributed by atoms with E-state index in [-0.39, 0.29) is 12.4 Å². The number of benzene rings is 1. The molecule has 0 saturated carbocycles. The van der Waals surface area contributed by atoms with Crippen molar-refractivity contribution in [2.24, 2.45) is 0 Å². The standard InChI is InChI=1S/C18H30O10P2/c1-8-25-16(20)27-30(24,28-29(21,22)23)26-11-12-9-13(17(2,3)4)15(19)14(10-12)18(5,6)7/h9-10,19H,8,11H2,1-7H3,(H2,21,22,23). The molecule has 0 aromatic heterocycles. The summed E-state index contributed by atoms with van der Waals surface area (Å²) in [5, 5.41) is 10.7. The third kappa shape index (κ3) is 8.02. The van der Waals surface area contributed by atoms with Crippen molar-refractivity contribution in [1.82, 2.24) is 0 Å². The molecule has 30 heavy (non-hydrogen) atoms. The lowest BCUT2D eigenvalue weighted by Crippen LogP contribution is -2.18. The van der Waals surface area contributed by atoms with Gasteiger partial charge < -0.3 is 24.2 Å². The first-order valence-electron chi connectivity index (χ1n) is 9.12. The highest BCUT2D eigenvalue weighted by Gasteiger charge is 2.40. The normalized spacial score (nSPS) is 14.8. The number of phenolic OH excluding ortho intramolecular Hbond substituents is 1. The van der Waals surface area contributed by atoms with Gasteiger partial charge in [-0.1, -0.05) is 41.5 Å². The molecule has 12 heteroatoms. The van der Waals surface area contributed by atoms with E-state index in [9.17, 15) is 19.0 Å². The summed E-state index contributed by atoms with van der Waals surface area (Å²) in [6.45, 7) is 12.2. The molecule has 10 nitrogen and oxygen atoms in total. The smallest absolute Gasteiger partial charge is 0.507 e. The van der Waals surface area contributed by atoms with E-state index >= 15 is 0 Å². The highest BCUT2D eigenvalue weighted by Crippen LogP contribution is 2.61. The van der Waals surface area contributed by atoms with Gasteiger partial charge >= 0.3 is 21.8 Å². The maximum atomic E-state index is 12.6. The molecule has 172 valence electrons. The number of rotatable bonds is 7. The number of carbonyl (C=O) groups is 1. The molecule has 0 radical (unpaired) electrons. The third-order valence-electron chi connectivity index (χ3n) is 3.83. The summed E-state index contributed by atoms with van der Waals surface area (Å²) in [6.07, 6.45) is -1.47. The minimum absolute atomic E-state index is 0.108. The molecule has 0 aliphatic rings. The van der Waals surface area contributed by atoms with Crippen LogP contribution < -0.4 is 0 Å². The van der Waals surface area contributed by atoms with E-state index in [1.54, 1.807) is 12.1 Å². The van der Waals surface area contributed by atoms with Crippen LogP contribution in [0.15, 0.2) is 12.1 Å². The van der Waals surface area contributed by atoms with Crippen LogP contribution in [-0.2, 0) is 44.7 Å². The molecule has 1 atom stereocenters. The van der Waals surface area contributed by atoms with Gasteiger partial charge in [0.05, 0.1) is 13.2 Å². The molecule has 0 fully saturated rings. The van der Waals surface area contributed by atoms with Crippen LogP contribution in [0.1, 0.15) is 65.2 Å². The Balaban J connectivity index is 3.32. The van der Waals surface area contributed by atoms with Crippen LogP contribution in [0.4, 0.5) is 4.79 Å². The van der Waals surface area contributed by atoms with Crippen molar-refractivity contribution in [2.45, 2.75) is 65.9 Å². The zero-order valence-electron chi connectivity index (χ0n) is 18.2. The molecule has 3 N–H and O–H groups in total. The molecular weight excluding hydrogens is 438 g/mol. The van der Waals surface area contributed by atoms with Crippen molar-refractivity contribution in [3.05, 3.63) is 28.8 Å². The van der Waals surface area contributed by atoms with E-state index in [0.717, 1.165) is 0 Å². The number of hydrogen-bond donors (Lipinski definition) is 3. The van der Waals surface area contributed by atoms with E-state index in [4.69, 9.17) is 14.3 Å². The number of aromatic hydroxyl groups is 1. The van der Waals surface area contributed by atoms with Crippen molar-refractivity contribution >= 4 is 21.8 Å². The molecule has 1 unspecified atom stereocenters. The fourth-order valence-corrected chi connectivity index (χ4v) is 4.47. The largest absolute Gasteiger partial charge is 0.543 e. The minimum atomic E-state index is -5.32. The van der Waals surface area contributed by atoms with E-state index in [1.165, 1.54) is 6.92 Å². The molecule has 0 aliphatic carbocycles. The molecule has 1 aromatic rings. The Morgan fingerprint density at radius 1 is 1.00 bits per heavy atom. The van der Waals surface area contributed by atoms with E-state index in [1.807, 2.05) is 41.5 Å². The molecule has 0 amide bonds. The topological polar surface area (TPSA) is 149 Å². The Morgan fingerprint density at radius 2 is 1.47 bits per heavy atom. The molecule has 1 rings (SSSR count). The van der Waals surface area contributed by atoms with Crippen LogP contribution in [-0.4, -0.2) is 27.7 Å². The molecular formula is C18H30O10P2. The second-order valence-corrected chi connectivity index (χ2v) is 11.6. The van der Waals surface area contributed by atoms with E-state index in [0.29, 0.717) is 16.7 Å². The first kappa shape index (κ1) is 26.6. The van der Waals surface area contributed by atoms with Crippen LogP contribution in [0.5, 0.6) is 5.75 Å². The predicted octanol–water partition coefficient (Wildman–Crippen LogP) is 4.89. The zero-order chi connectivity index (χ0) is 23.5. The maximum Gasteiger partial charge on any atom is 0.543 e. The lowest BCUT2D eigenvalue weighted by atomic mass is 9.78. The summed E-state index contributed by atoms with van der Waals surface area (Å²) < 4.78 is 41.8. The molecule has 0 spiro atoms. The van der Waals surface area contributed by atoms with Crippen LogP contribution >= 0.6 is 15.6 Å². The summed E-state index contributed by atoms with van der Waals surface area (Å²) in [4.78, 5) is 29.5. The number of ether oxygens (including phenoxy) is 1. The average Bonchev–Trinajstić information content (AvgIpc) is 2.49. The van der Waals surface area contributed by atoms with E-state index < -0.39 is 39.2 Å². The van der Waals surface area contributed by atoms with Crippen molar-refractivity contribution in [3.63, 3.8) is 0 Å². The summed E-state index contributed by atoms with van der Waals surface area (Å²) in [6, 6.07) is 3.22. The van der Waals surface area contributed by atoms with Gasteiger partial charge in [0.2, 0.25) is 0 Å². The van der Waals surface area contributed by atoms with E-state index in [2.05, 4.69) is 13.6 Å². The van der Waals surface area contributed by atoms with Gasteiger partial charge in [-0.05, 0) is 46.6 Å². The Morgan fingerprint density at radius 3 is 1.83 bits per heavy atom. The fraction of sp³-hybridized carbons (Fsp3) is 0.611. The Labute approximate surface area is 176 Å². The number of phenols is 1. The number of phosphoric ester groups is 1. The van der Waals surface area contributed by atoms with Gasteiger partial charge in [-0.3, -0.25) is 4.52 Å². The SMILES string of the molecule is CCOC(=O)OP(=O)(OCc1cc(C(C)(C)C)c(O)c(C(C)(C)C)c1)OP(=O)(O)O. The number of carbonyl (C=O) groups excluding carboxylic acids is 1. The van der Waals surface area contributed by atoms with Crippen LogP contribution in [0.3, 0.4) is 0 Å². The first-order valence-corrected chi connectivity index (χ1v) is 12.1. The zero-order valence-corrected chi connectivity index (χ0v) is 20.0. The van der Waals surface area contributed by atoms with Gasteiger partial charge in [-0.2, -0.15) is 4.31 Å². The quantitative estimate of drug-likeness (QED) is 0.373. The summed E-state index contributed by atoms with van der Waals surface area (Å²) >= 11 is 0. The lowest BCUT2D eigenvalue weighted by Gasteiger charge is -2.28. The third-order valence-corrected chi connectivity index (χ3v) is 6.30. The van der Waals surface area contributed by atoms with Gasteiger partial charge in [0.1, 0.15) is 5.75 Å². The van der Waals surface area contributed by atoms with Crippen LogP contribution in [0.25, 0.3) is 0 Å². The van der Waals surface area contributed by atoms with Crippen molar-refractivity contribution in [3.8, 4) is 5.75 Å². The van der Waals surface area contributed by atoms with Gasteiger partial charge in [0.15, 0.2) is 0 Å². The van der Waals surface area contributed by atoms with Gasteiger partial charge in [-0.15, -0.1) is 0 Å². The van der Waals surface area contributed by atoms with Crippen molar-refractivity contribution in [1.29, 1.82) is 0 Å². The predicted molar refractivity (Wildman–Crippen MR) is 109 cm³/mol. The summed E-state index contributed by atoms with van der Waals surface area (Å²) in [5.74, 6) is 0.108. The summed E-state index contributed by atoms with van der Waals surface area (Å²) in [7, 11) is -10.3. The average molecular weight is 468 g/mol. The number of hydrogen-bond acceptors (Lipinski definition) is 8. The molecule has 1 aromatic carbocycles. The van der Waals surface area contributed by atoms with Gasteiger partial charge in [0.25, 0.3) is 0 Å². The maximum absolute atomic E-state index is 12.6. The molecule has 0 heterocycles. The molecule has 0 aliphatic heterocycles. The summed E-state index contributed by atoms with van der Waals surface area (Å²) in [5.41, 5.74) is 0.696.